The first-order valence-electron chi connectivity index (χ1n) is 9.62. The Bertz CT molecular complexity index is 725. The summed E-state index contributed by atoms with van der Waals surface area (Å²) in [6.07, 6.45) is 3.52. The van der Waals surface area contributed by atoms with E-state index in [0.29, 0.717) is 6.54 Å². The topological polar surface area (TPSA) is 55.8 Å². The van der Waals surface area contributed by atoms with Gasteiger partial charge in [-0.3, -0.25) is 9.69 Å². The Morgan fingerprint density at radius 1 is 0.778 bits per heavy atom. The summed E-state index contributed by atoms with van der Waals surface area (Å²) in [7, 11) is 0. The predicted octanol–water partition coefficient (Wildman–Crippen LogP) is 0.947. The maximum Gasteiger partial charge on any atom is 0.236 e. The maximum atomic E-state index is 12.7. The number of anilines is 2. The van der Waals surface area contributed by atoms with E-state index in [1.807, 2.05) is 17.0 Å². The van der Waals surface area contributed by atoms with Gasteiger partial charge >= 0.3 is 0 Å². The first-order valence-corrected chi connectivity index (χ1v) is 9.62. The third-order valence-electron chi connectivity index (χ3n) is 5.32. The fourth-order valence-electron chi connectivity index (χ4n) is 3.70. The van der Waals surface area contributed by atoms with Crippen LogP contribution in [0.15, 0.2) is 48.8 Å². The summed E-state index contributed by atoms with van der Waals surface area (Å²) in [6, 6.07) is 12.3. The number of nitrogens with zero attached hydrogens (tertiary/aromatic N) is 6. The van der Waals surface area contributed by atoms with Gasteiger partial charge in [-0.1, -0.05) is 18.2 Å². The highest BCUT2D eigenvalue weighted by atomic mass is 16.2. The molecule has 0 N–H and O–H groups in total. The van der Waals surface area contributed by atoms with Gasteiger partial charge in [0.15, 0.2) is 0 Å². The van der Waals surface area contributed by atoms with Gasteiger partial charge in [0.1, 0.15) is 0 Å². The van der Waals surface area contributed by atoms with Gasteiger partial charge < -0.3 is 14.7 Å². The van der Waals surface area contributed by atoms with Gasteiger partial charge in [0.25, 0.3) is 0 Å². The molecule has 2 fully saturated rings. The molecule has 2 aliphatic rings. The lowest BCUT2D eigenvalue weighted by atomic mass is 10.2. The van der Waals surface area contributed by atoms with E-state index in [2.05, 4.69) is 48.9 Å². The average Bonchev–Trinajstić information content (AvgIpc) is 2.76. The lowest BCUT2D eigenvalue weighted by molar-refractivity contribution is -0.132. The number of piperazine rings is 2. The predicted molar refractivity (Wildman–Crippen MR) is 106 cm³/mol. The quantitative estimate of drug-likeness (QED) is 0.803. The summed E-state index contributed by atoms with van der Waals surface area (Å²) in [6.45, 7) is 7.37. The smallest absolute Gasteiger partial charge is 0.236 e. The summed E-state index contributed by atoms with van der Waals surface area (Å²) in [5, 5.41) is 0. The van der Waals surface area contributed by atoms with Crippen molar-refractivity contribution in [3.63, 3.8) is 0 Å². The highest BCUT2D eigenvalue weighted by Gasteiger charge is 2.25. The van der Waals surface area contributed by atoms with Gasteiger partial charge in [-0.2, -0.15) is 0 Å². The number of aromatic nitrogens is 2. The Hall–Kier alpha value is -2.67. The van der Waals surface area contributed by atoms with E-state index in [0.717, 1.165) is 58.3 Å². The lowest BCUT2D eigenvalue weighted by Crippen LogP contribution is -2.54. The van der Waals surface area contributed by atoms with Crippen molar-refractivity contribution in [2.24, 2.45) is 0 Å². The molecule has 2 aromatic rings. The monoisotopic (exact) mass is 366 g/mol. The number of para-hydroxylation sites is 1. The average molecular weight is 366 g/mol. The van der Waals surface area contributed by atoms with E-state index in [1.165, 1.54) is 5.69 Å². The van der Waals surface area contributed by atoms with Crippen molar-refractivity contribution < 1.29 is 4.79 Å². The number of carbonyl (C=O) groups is 1. The van der Waals surface area contributed by atoms with Crippen LogP contribution in [0.1, 0.15) is 0 Å². The third-order valence-corrected chi connectivity index (χ3v) is 5.32. The molecule has 142 valence electrons. The van der Waals surface area contributed by atoms with Crippen LogP contribution in [-0.4, -0.2) is 84.6 Å². The van der Waals surface area contributed by atoms with Crippen molar-refractivity contribution in [2.75, 3.05) is 68.7 Å². The molecule has 0 unspecified atom stereocenters. The van der Waals surface area contributed by atoms with Crippen molar-refractivity contribution in [2.45, 2.75) is 0 Å². The van der Waals surface area contributed by atoms with E-state index in [4.69, 9.17) is 0 Å². The Morgan fingerprint density at radius 2 is 1.41 bits per heavy atom. The molecule has 1 aromatic carbocycles. The Labute approximate surface area is 160 Å². The molecule has 2 aliphatic heterocycles. The van der Waals surface area contributed by atoms with Crippen molar-refractivity contribution in [1.82, 2.24) is 19.8 Å². The zero-order valence-corrected chi connectivity index (χ0v) is 15.6. The van der Waals surface area contributed by atoms with Crippen LogP contribution in [0.4, 0.5) is 11.6 Å². The summed E-state index contributed by atoms with van der Waals surface area (Å²) in [5.41, 5.74) is 1.27. The molecule has 4 rings (SSSR count). The summed E-state index contributed by atoms with van der Waals surface area (Å²) in [4.78, 5) is 30.1. The fraction of sp³-hybridized carbons (Fsp3) is 0.450. The molecule has 0 saturated carbocycles. The first kappa shape index (κ1) is 17.7. The normalized spacial score (nSPS) is 18.6. The second-order valence-corrected chi connectivity index (χ2v) is 7.02. The van der Waals surface area contributed by atoms with Crippen LogP contribution in [-0.2, 0) is 4.79 Å². The zero-order chi connectivity index (χ0) is 18.5. The molecule has 27 heavy (non-hydrogen) atoms. The van der Waals surface area contributed by atoms with Crippen LogP contribution < -0.4 is 9.80 Å². The Kier molecular flexibility index (Phi) is 5.48. The summed E-state index contributed by atoms with van der Waals surface area (Å²) >= 11 is 0. The summed E-state index contributed by atoms with van der Waals surface area (Å²) in [5.74, 6) is 0.985. The lowest BCUT2D eigenvalue weighted by Gasteiger charge is -2.38. The van der Waals surface area contributed by atoms with E-state index < -0.39 is 0 Å². The molecule has 0 bridgehead atoms. The van der Waals surface area contributed by atoms with E-state index in [-0.39, 0.29) is 5.91 Å². The molecule has 2 saturated heterocycles. The van der Waals surface area contributed by atoms with Crippen LogP contribution in [0.2, 0.25) is 0 Å². The van der Waals surface area contributed by atoms with Gasteiger partial charge in [-0.25, -0.2) is 9.97 Å². The van der Waals surface area contributed by atoms with Crippen molar-refractivity contribution >= 4 is 17.5 Å². The number of benzene rings is 1. The largest absolute Gasteiger partial charge is 0.369 e. The molecule has 1 aromatic heterocycles. The zero-order valence-electron chi connectivity index (χ0n) is 15.6. The second kappa shape index (κ2) is 8.35. The highest BCUT2D eigenvalue weighted by Crippen LogP contribution is 2.16. The first-order chi connectivity index (χ1) is 13.3. The van der Waals surface area contributed by atoms with Gasteiger partial charge in [0.2, 0.25) is 11.9 Å². The highest BCUT2D eigenvalue weighted by molar-refractivity contribution is 5.78. The third kappa shape index (κ3) is 4.36. The molecule has 0 atom stereocenters. The minimum atomic E-state index is 0.233. The van der Waals surface area contributed by atoms with Crippen LogP contribution in [0, 0.1) is 0 Å². The van der Waals surface area contributed by atoms with Gasteiger partial charge in [0, 0.05) is 70.4 Å². The number of hydrogen-bond acceptors (Lipinski definition) is 6. The SMILES string of the molecule is O=C(CN1CCN(c2ccccc2)CC1)N1CCN(c2ncccn2)CC1. The standard InChI is InChI=1S/C20H26N6O/c27-19(25-13-15-26(16-14-25)20-21-7-4-8-22-20)17-23-9-11-24(12-10-23)18-5-2-1-3-6-18/h1-8H,9-17H2. The molecule has 3 heterocycles. The van der Waals surface area contributed by atoms with Crippen molar-refractivity contribution in [1.29, 1.82) is 0 Å². The van der Waals surface area contributed by atoms with Crippen LogP contribution in [0.25, 0.3) is 0 Å². The number of carbonyl (C=O) groups excluding carboxylic acids is 1. The Balaban J connectivity index is 1.22. The molecular weight excluding hydrogens is 340 g/mol. The molecule has 1 amide bonds. The van der Waals surface area contributed by atoms with Crippen molar-refractivity contribution in [3.05, 3.63) is 48.8 Å². The second-order valence-electron chi connectivity index (χ2n) is 7.02. The van der Waals surface area contributed by atoms with Crippen LogP contribution >= 0.6 is 0 Å². The van der Waals surface area contributed by atoms with Gasteiger partial charge in [0.05, 0.1) is 6.54 Å². The van der Waals surface area contributed by atoms with Crippen LogP contribution in [0.5, 0.6) is 0 Å². The minimum Gasteiger partial charge on any atom is -0.369 e. The Morgan fingerprint density at radius 3 is 2.07 bits per heavy atom. The molecular formula is C20H26N6O. The van der Waals surface area contributed by atoms with E-state index in [1.54, 1.807) is 12.4 Å². The maximum absolute atomic E-state index is 12.7. The van der Waals surface area contributed by atoms with E-state index in [9.17, 15) is 4.79 Å². The molecule has 7 heteroatoms. The van der Waals surface area contributed by atoms with Crippen LogP contribution in [0.3, 0.4) is 0 Å². The molecule has 0 radical (unpaired) electrons. The minimum absolute atomic E-state index is 0.233. The number of amides is 1. The molecule has 0 spiro atoms. The fourth-order valence-corrected chi connectivity index (χ4v) is 3.70. The molecule has 0 aliphatic carbocycles. The summed E-state index contributed by atoms with van der Waals surface area (Å²) < 4.78 is 0. The van der Waals surface area contributed by atoms with Crippen molar-refractivity contribution in [3.8, 4) is 0 Å². The molecule has 7 nitrogen and oxygen atoms in total. The van der Waals surface area contributed by atoms with E-state index >= 15 is 0 Å². The number of hydrogen-bond donors (Lipinski definition) is 0. The number of rotatable bonds is 4. The van der Waals surface area contributed by atoms with Gasteiger partial charge in [-0.05, 0) is 18.2 Å². The van der Waals surface area contributed by atoms with Gasteiger partial charge in [-0.15, -0.1) is 0 Å².